The quantitative estimate of drug-likeness (QED) is 0.582. The van der Waals surface area contributed by atoms with Crippen molar-refractivity contribution in [1.29, 1.82) is 0 Å². The molecule has 0 bridgehead atoms. The smallest absolute Gasteiger partial charge is 0.427 e. The fraction of sp³-hybridized carbons (Fsp3) is 0.800. The third-order valence-electron chi connectivity index (χ3n) is 1.19. The Morgan fingerprint density at radius 2 is 2.27 bits per heavy atom. The molecule has 0 saturated heterocycles. The Hall–Kier alpha value is -0.940. The van der Waals surface area contributed by atoms with Crippen LogP contribution >= 0.6 is 0 Å². The highest BCUT2D eigenvalue weighted by Gasteiger charge is 2.42. The number of rotatable bonds is 0. The van der Waals surface area contributed by atoms with E-state index in [4.69, 9.17) is 0 Å². The predicted molar refractivity (Wildman–Crippen MR) is 32.0 cm³/mol. The lowest BCUT2D eigenvalue weighted by atomic mass is 10.3. The molecule has 3 nitrogen and oxygen atoms in total. The van der Waals surface area contributed by atoms with E-state index >= 15 is 0 Å². The van der Waals surface area contributed by atoms with Crippen LogP contribution in [0.3, 0.4) is 0 Å². The zero-order chi connectivity index (χ0) is 8.48. The molecule has 1 N–H and O–H groups in total. The molecule has 6 heteroatoms. The number of nitrogens with one attached hydrogen (secondary N) is 1. The monoisotopic (exact) mass is 168 g/mol. The van der Waals surface area contributed by atoms with E-state index in [1.54, 1.807) is 0 Å². The van der Waals surface area contributed by atoms with Crippen molar-refractivity contribution in [1.82, 2.24) is 5.43 Å². The van der Waals surface area contributed by atoms with E-state index in [0.717, 1.165) is 0 Å². The minimum absolute atomic E-state index is 0.0126. The molecule has 0 spiro atoms. The molecule has 0 aliphatic carbocycles. The summed E-state index contributed by atoms with van der Waals surface area (Å²) in [5, 5.41) is 3.44. The number of ether oxygens (including phenoxy) is 1. The molecule has 0 aromatic carbocycles. The van der Waals surface area contributed by atoms with E-state index in [1.807, 2.05) is 0 Å². The van der Waals surface area contributed by atoms with Crippen molar-refractivity contribution >= 4 is 5.90 Å². The molecular weight excluding hydrogens is 161 g/mol. The van der Waals surface area contributed by atoms with E-state index in [9.17, 15) is 13.2 Å². The van der Waals surface area contributed by atoms with Crippen molar-refractivity contribution in [3.05, 3.63) is 0 Å². The molecule has 0 saturated carbocycles. The summed E-state index contributed by atoms with van der Waals surface area (Å²) in [4.78, 5) is 0. The highest BCUT2D eigenvalue weighted by Crippen LogP contribution is 2.23. The molecule has 1 atom stereocenters. The average molecular weight is 168 g/mol. The summed E-state index contributed by atoms with van der Waals surface area (Å²) < 4.78 is 40.1. The SMILES string of the molecule is CC1=NNCC(C(F)(F)F)O1. The Bertz CT molecular complexity index is 177. The van der Waals surface area contributed by atoms with Gasteiger partial charge in [-0.3, -0.25) is 0 Å². The van der Waals surface area contributed by atoms with Crippen LogP contribution in [-0.4, -0.2) is 24.7 Å². The molecule has 0 amide bonds. The van der Waals surface area contributed by atoms with E-state index < -0.39 is 12.3 Å². The fourth-order valence-electron chi connectivity index (χ4n) is 0.696. The number of hydrazone groups is 1. The van der Waals surface area contributed by atoms with Crippen LogP contribution < -0.4 is 5.43 Å². The van der Waals surface area contributed by atoms with Crippen LogP contribution in [0.1, 0.15) is 6.92 Å². The Morgan fingerprint density at radius 1 is 1.64 bits per heavy atom. The van der Waals surface area contributed by atoms with Gasteiger partial charge in [0.25, 0.3) is 0 Å². The zero-order valence-electron chi connectivity index (χ0n) is 5.77. The number of alkyl halides is 3. The first kappa shape index (κ1) is 8.16. The van der Waals surface area contributed by atoms with Crippen molar-refractivity contribution in [2.75, 3.05) is 6.54 Å². The largest absolute Gasteiger partial charge is 0.465 e. The van der Waals surface area contributed by atoms with Crippen molar-refractivity contribution in [3.63, 3.8) is 0 Å². The van der Waals surface area contributed by atoms with Gasteiger partial charge in [0.1, 0.15) is 0 Å². The van der Waals surface area contributed by atoms with Crippen LogP contribution in [0.2, 0.25) is 0 Å². The maximum absolute atomic E-state index is 11.9. The first-order valence-corrected chi connectivity index (χ1v) is 3.00. The lowest BCUT2D eigenvalue weighted by molar-refractivity contribution is -0.199. The first-order chi connectivity index (χ1) is 5.00. The highest BCUT2D eigenvalue weighted by molar-refractivity contribution is 5.73. The molecule has 64 valence electrons. The van der Waals surface area contributed by atoms with Gasteiger partial charge in [-0.25, -0.2) is 0 Å². The van der Waals surface area contributed by atoms with Gasteiger partial charge in [0.2, 0.25) is 12.0 Å². The minimum Gasteiger partial charge on any atom is -0.465 e. The molecular formula is C5H7F3N2O. The Kier molecular flexibility index (Phi) is 1.92. The minimum atomic E-state index is -4.32. The molecule has 0 aromatic heterocycles. The third-order valence-corrected chi connectivity index (χ3v) is 1.19. The first-order valence-electron chi connectivity index (χ1n) is 3.00. The molecule has 11 heavy (non-hydrogen) atoms. The average Bonchev–Trinajstić information content (AvgIpc) is 1.86. The van der Waals surface area contributed by atoms with E-state index in [-0.39, 0.29) is 12.4 Å². The van der Waals surface area contributed by atoms with Crippen LogP contribution in [0.4, 0.5) is 13.2 Å². The summed E-state index contributed by atoms with van der Waals surface area (Å²) >= 11 is 0. The zero-order valence-corrected chi connectivity index (χ0v) is 5.77. The summed E-state index contributed by atoms with van der Waals surface area (Å²) in [6.07, 6.45) is -6.08. The molecule has 1 unspecified atom stereocenters. The number of nitrogens with zero attached hydrogens (tertiary/aromatic N) is 1. The van der Waals surface area contributed by atoms with Gasteiger partial charge >= 0.3 is 6.18 Å². The number of hydrogen-bond donors (Lipinski definition) is 1. The van der Waals surface area contributed by atoms with E-state index in [0.29, 0.717) is 0 Å². The molecule has 1 heterocycles. The van der Waals surface area contributed by atoms with Crippen molar-refractivity contribution in [2.45, 2.75) is 19.2 Å². The van der Waals surface area contributed by atoms with Crippen LogP contribution in [0.5, 0.6) is 0 Å². The maximum Gasteiger partial charge on any atom is 0.427 e. The van der Waals surface area contributed by atoms with Gasteiger partial charge in [-0.2, -0.15) is 13.2 Å². The second kappa shape index (κ2) is 2.60. The Labute approximate surface area is 61.2 Å². The van der Waals surface area contributed by atoms with Crippen LogP contribution in [-0.2, 0) is 4.74 Å². The topological polar surface area (TPSA) is 33.6 Å². The molecule has 1 rings (SSSR count). The van der Waals surface area contributed by atoms with Crippen LogP contribution in [0.25, 0.3) is 0 Å². The van der Waals surface area contributed by atoms with Crippen LogP contribution in [0.15, 0.2) is 5.10 Å². The van der Waals surface area contributed by atoms with Crippen molar-refractivity contribution in [2.24, 2.45) is 5.10 Å². The number of halogens is 3. The summed E-state index contributed by atoms with van der Waals surface area (Å²) in [6.45, 7) is 1.05. The summed E-state index contributed by atoms with van der Waals surface area (Å²) in [6, 6.07) is 0. The lowest BCUT2D eigenvalue weighted by Gasteiger charge is -2.24. The standard InChI is InChI=1S/C5H7F3N2O/c1-3-10-9-2-4(11-3)5(6,7)8/h4,9H,2H2,1H3. The van der Waals surface area contributed by atoms with Crippen molar-refractivity contribution in [3.8, 4) is 0 Å². The summed E-state index contributed by atoms with van der Waals surface area (Å²) in [7, 11) is 0. The van der Waals surface area contributed by atoms with Crippen LogP contribution in [0, 0.1) is 0 Å². The fourth-order valence-corrected chi connectivity index (χ4v) is 0.696. The molecule has 1 aliphatic rings. The van der Waals surface area contributed by atoms with Gasteiger partial charge in [0, 0.05) is 6.92 Å². The maximum atomic E-state index is 11.9. The Morgan fingerprint density at radius 3 is 2.64 bits per heavy atom. The van der Waals surface area contributed by atoms with Gasteiger partial charge in [-0.15, -0.1) is 5.10 Å². The predicted octanol–water partition coefficient (Wildman–Crippen LogP) is 0.871. The highest BCUT2D eigenvalue weighted by atomic mass is 19.4. The lowest BCUT2D eigenvalue weighted by Crippen LogP contribution is -2.43. The number of hydrogen-bond acceptors (Lipinski definition) is 3. The third kappa shape index (κ3) is 1.99. The Balaban J connectivity index is 2.58. The normalized spacial score (nSPS) is 25.1. The molecule has 0 fully saturated rings. The molecule has 1 aliphatic heterocycles. The van der Waals surface area contributed by atoms with E-state index in [2.05, 4.69) is 15.3 Å². The second-order valence-electron chi connectivity index (χ2n) is 2.14. The molecule has 0 radical (unpaired) electrons. The van der Waals surface area contributed by atoms with Gasteiger partial charge in [0.15, 0.2) is 0 Å². The second-order valence-corrected chi connectivity index (χ2v) is 2.14. The summed E-state index contributed by atoms with van der Waals surface area (Å²) in [5.74, 6) is 0.0126. The van der Waals surface area contributed by atoms with Gasteiger partial charge in [0.05, 0.1) is 6.54 Å². The van der Waals surface area contributed by atoms with Gasteiger partial charge in [-0.1, -0.05) is 0 Å². The van der Waals surface area contributed by atoms with Crippen molar-refractivity contribution < 1.29 is 17.9 Å². The molecule has 0 aromatic rings. The van der Waals surface area contributed by atoms with Gasteiger partial charge in [-0.05, 0) is 0 Å². The van der Waals surface area contributed by atoms with E-state index in [1.165, 1.54) is 6.92 Å². The van der Waals surface area contributed by atoms with Gasteiger partial charge < -0.3 is 10.2 Å². The summed E-state index contributed by atoms with van der Waals surface area (Å²) in [5.41, 5.74) is 2.23.